The molecular formula is C18H16N4OS. The number of aromatic nitrogens is 4. The van der Waals surface area contributed by atoms with Gasteiger partial charge in [0.1, 0.15) is 4.83 Å². The van der Waals surface area contributed by atoms with Crippen LogP contribution in [0.2, 0.25) is 0 Å². The summed E-state index contributed by atoms with van der Waals surface area (Å²) in [5.41, 5.74) is 2.08. The minimum absolute atomic E-state index is 0.460. The Morgan fingerprint density at radius 1 is 1.21 bits per heavy atom. The van der Waals surface area contributed by atoms with Crippen molar-refractivity contribution in [1.29, 1.82) is 0 Å². The first-order valence-corrected chi connectivity index (χ1v) is 9.00. The van der Waals surface area contributed by atoms with Crippen LogP contribution in [0.3, 0.4) is 0 Å². The molecule has 1 aromatic carbocycles. The first kappa shape index (κ1) is 13.9. The molecule has 0 aliphatic heterocycles. The summed E-state index contributed by atoms with van der Waals surface area (Å²) < 4.78 is 7.46. The van der Waals surface area contributed by atoms with Gasteiger partial charge in [-0.2, -0.15) is 10.1 Å². The Kier molecular flexibility index (Phi) is 3.06. The molecule has 1 fully saturated rings. The second-order valence-electron chi connectivity index (χ2n) is 6.25. The number of para-hydroxylation sites is 1. The van der Waals surface area contributed by atoms with Gasteiger partial charge in [-0.25, -0.2) is 4.68 Å². The lowest BCUT2D eigenvalue weighted by Gasteiger charge is -2.20. The fourth-order valence-corrected chi connectivity index (χ4v) is 4.17. The summed E-state index contributed by atoms with van der Waals surface area (Å²) in [7, 11) is 0. The molecule has 0 spiro atoms. The van der Waals surface area contributed by atoms with E-state index in [1.807, 2.05) is 29.8 Å². The van der Waals surface area contributed by atoms with Gasteiger partial charge in [-0.1, -0.05) is 29.8 Å². The predicted molar refractivity (Wildman–Crippen MR) is 93.6 cm³/mol. The topological polar surface area (TPSA) is 56.7 Å². The van der Waals surface area contributed by atoms with Crippen molar-refractivity contribution >= 4 is 21.6 Å². The maximum atomic E-state index is 5.46. The smallest absolute Gasteiger partial charge is 0.230 e. The van der Waals surface area contributed by atoms with Crippen LogP contribution in [0.25, 0.3) is 26.6 Å². The summed E-state index contributed by atoms with van der Waals surface area (Å²) in [4.78, 5) is 6.76. The molecule has 0 atom stereocenters. The normalized spacial score (nSPS) is 15.0. The number of thiophene rings is 1. The van der Waals surface area contributed by atoms with Gasteiger partial charge >= 0.3 is 0 Å². The lowest BCUT2D eigenvalue weighted by Crippen LogP contribution is -2.08. The molecule has 1 aliphatic carbocycles. The van der Waals surface area contributed by atoms with E-state index in [0.717, 1.165) is 45.2 Å². The van der Waals surface area contributed by atoms with E-state index in [-0.39, 0.29) is 0 Å². The van der Waals surface area contributed by atoms with Crippen molar-refractivity contribution in [3.63, 3.8) is 0 Å². The zero-order chi connectivity index (χ0) is 16.1. The largest absolute Gasteiger partial charge is 0.339 e. The molecular weight excluding hydrogens is 320 g/mol. The first-order chi connectivity index (χ1) is 11.8. The molecule has 0 unspecified atom stereocenters. The van der Waals surface area contributed by atoms with Crippen LogP contribution in [0.5, 0.6) is 0 Å². The first-order valence-electron chi connectivity index (χ1n) is 8.18. The van der Waals surface area contributed by atoms with E-state index in [0.29, 0.717) is 11.7 Å². The fourth-order valence-electron chi connectivity index (χ4n) is 3.06. The van der Waals surface area contributed by atoms with Crippen molar-refractivity contribution in [3.05, 3.63) is 48.0 Å². The third kappa shape index (κ3) is 2.10. The van der Waals surface area contributed by atoms with Crippen molar-refractivity contribution in [2.45, 2.75) is 32.1 Å². The van der Waals surface area contributed by atoms with Gasteiger partial charge in [-0.3, -0.25) is 0 Å². The standard InChI is InChI=1S/C18H16N4OS/c1-11-14-10-15(16-19-17(23-21-16)12-6-5-7-12)24-18(14)22(20-11)13-8-3-2-4-9-13/h2-4,8-10,12H,5-7H2,1H3. The Labute approximate surface area is 142 Å². The number of hydrogen-bond acceptors (Lipinski definition) is 5. The second kappa shape index (κ2) is 5.27. The van der Waals surface area contributed by atoms with Gasteiger partial charge in [0.05, 0.1) is 16.3 Å². The highest BCUT2D eigenvalue weighted by Crippen LogP contribution is 2.38. The van der Waals surface area contributed by atoms with Crippen molar-refractivity contribution in [2.75, 3.05) is 0 Å². The SMILES string of the molecule is Cc1nn(-c2ccccc2)c2sc(-c3noc(C4CCC4)n3)cc12. The second-order valence-corrected chi connectivity index (χ2v) is 7.28. The molecule has 3 heterocycles. The molecule has 0 N–H and O–H groups in total. The Bertz CT molecular complexity index is 1010. The highest BCUT2D eigenvalue weighted by atomic mass is 32.1. The quantitative estimate of drug-likeness (QED) is 0.543. The van der Waals surface area contributed by atoms with Gasteiger partial charge in [0, 0.05) is 11.3 Å². The summed E-state index contributed by atoms with van der Waals surface area (Å²) in [5.74, 6) is 1.94. The molecule has 4 aromatic rings. The zero-order valence-corrected chi connectivity index (χ0v) is 14.1. The maximum Gasteiger partial charge on any atom is 0.230 e. The number of hydrogen-bond donors (Lipinski definition) is 0. The molecule has 5 rings (SSSR count). The van der Waals surface area contributed by atoms with Crippen molar-refractivity contribution in [2.24, 2.45) is 0 Å². The van der Waals surface area contributed by atoms with E-state index in [1.54, 1.807) is 11.3 Å². The van der Waals surface area contributed by atoms with Crippen molar-refractivity contribution < 1.29 is 4.52 Å². The van der Waals surface area contributed by atoms with E-state index >= 15 is 0 Å². The Balaban J connectivity index is 1.59. The van der Waals surface area contributed by atoms with Crippen LogP contribution in [0.15, 0.2) is 40.9 Å². The lowest BCUT2D eigenvalue weighted by atomic mass is 9.85. The molecule has 24 heavy (non-hydrogen) atoms. The maximum absolute atomic E-state index is 5.46. The van der Waals surface area contributed by atoms with Crippen LogP contribution in [-0.2, 0) is 0 Å². The molecule has 6 heteroatoms. The van der Waals surface area contributed by atoms with Crippen LogP contribution >= 0.6 is 11.3 Å². The molecule has 0 saturated heterocycles. The van der Waals surface area contributed by atoms with E-state index in [1.165, 1.54) is 6.42 Å². The van der Waals surface area contributed by atoms with Gasteiger partial charge in [-0.05, 0) is 38.0 Å². The van der Waals surface area contributed by atoms with Gasteiger partial charge in [0.2, 0.25) is 11.7 Å². The monoisotopic (exact) mass is 336 g/mol. The van der Waals surface area contributed by atoms with Crippen molar-refractivity contribution in [1.82, 2.24) is 19.9 Å². The molecule has 0 amide bonds. The molecule has 0 radical (unpaired) electrons. The van der Waals surface area contributed by atoms with Crippen LogP contribution < -0.4 is 0 Å². The third-order valence-corrected chi connectivity index (χ3v) is 5.77. The summed E-state index contributed by atoms with van der Waals surface area (Å²) in [6.45, 7) is 2.04. The number of rotatable bonds is 3. The van der Waals surface area contributed by atoms with Gasteiger partial charge < -0.3 is 4.52 Å². The third-order valence-electron chi connectivity index (χ3n) is 4.66. The Hall–Kier alpha value is -2.47. The van der Waals surface area contributed by atoms with E-state index in [4.69, 9.17) is 4.52 Å². The van der Waals surface area contributed by atoms with Crippen LogP contribution in [0, 0.1) is 6.92 Å². The number of benzene rings is 1. The molecule has 3 aromatic heterocycles. The minimum atomic E-state index is 0.460. The summed E-state index contributed by atoms with van der Waals surface area (Å²) in [6.07, 6.45) is 3.59. The molecule has 5 nitrogen and oxygen atoms in total. The Morgan fingerprint density at radius 3 is 2.79 bits per heavy atom. The van der Waals surface area contributed by atoms with Crippen LogP contribution in [0.4, 0.5) is 0 Å². The number of aryl methyl sites for hydroxylation is 1. The predicted octanol–water partition coefficient (Wildman–Crippen LogP) is 4.71. The number of fused-ring (bicyclic) bond motifs is 1. The summed E-state index contributed by atoms with van der Waals surface area (Å²) in [6, 6.07) is 12.3. The highest BCUT2D eigenvalue weighted by molar-refractivity contribution is 7.21. The summed E-state index contributed by atoms with van der Waals surface area (Å²) >= 11 is 1.66. The van der Waals surface area contributed by atoms with Gasteiger partial charge in [-0.15, -0.1) is 11.3 Å². The minimum Gasteiger partial charge on any atom is -0.339 e. The highest BCUT2D eigenvalue weighted by Gasteiger charge is 2.26. The molecule has 1 saturated carbocycles. The molecule has 0 bridgehead atoms. The average Bonchev–Trinajstić information content (AvgIpc) is 3.23. The fraction of sp³-hybridized carbons (Fsp3) is 0.278. The summed E-state index contributed by atoms with van der Waals surface area (Å²) in [5, 5.41) is 10.0. The number of nitrogens with zero attached hydrogens (tertiary/aromatic N) is 4. The van der Waals surface area contributed by atoms with E-state index in [2.05, 4.69) is 33.4 Å². The van der Waals surface area contributed by atoms with Gasteiger partial charge in [0.15, 0.2) is 0 Å². The van der Waals surface area contributed by atoms with Crippen LogP contribution in [-0.4, -0.2) is 19.9 Å². The van der Waals surface area contributed by atoms with Gasteiger partial charge in [0.25, 0.3) is 0 Å². The molecule has 1 aliphatic rings. The van der Waals surface area contributed by atoms with Crippen LogP contribution in [0.1, 0.15) is 36.8 Å². The molecule has 120 valence electrons. The average molecular weight is 336 g/mol. The van der Waals surface area contributed by atoms with Crippen molar-refractivity contribution in [3.8, 4) is 16.4 Å². The lowest BCUT2D eigenvalue weighted by molar-refractivity contribution is 0.292. The Morgan fingerprint density at radius 2 is 2.04 bits per heavy atom. The van der Waals surface area contributed by atoms with E-state index < -0.39 is 0 Å². The zero-order valence-electron chi connectivity index (χ0n) is 13.3. The van der Waals surface area contributed by atoms with E-state index in [9.17, 15) is 0 Å².